The van der Waals surface area contributed by atoms with Crippen LogP contribution in [0.15, 0.2) is 24.5 Å². The lowest BCUT2D eigenvalue weighted by Gasteiger charge is -2.37. The standard InChI is InChI=1S/C16H22N4O2/c1-15(2,3)12-5-6-14(22-10-16(4)8-21-9-16)13(7-12)20-11-17-18-19-20/h5-7,11H,8-10H2,1-4H3. The van der Waals surface area contributed by atoms with E-state index in [2.05, 4.69) is 55.4 Å². The van der Waals surface area contributed by atoms with Crippen LogP contribution < -0.4 is 4.74 Å². The number of ether oxygens (including phenoxy) is 2. The van der Waals surface area contributed by atoms with E-state index in [4.69, 9.17) is 9.47 Å². The highest BCUT2D eigenvalue weighted by Crippen LogP contribution is 2.32. The summed E-state index contributed by atoms with van der Waals surface area (Å²) in [6.07, 6.45) is 1.59. The van der Waals surface area contributed by atoms with Gasteiger partial charge in [0.15, 0.2) is 0 Å². The summed E-state index contributed by atoms with van der Waals surface area (Å²) in [5.41, 5.74) is 2.22. The summed E-state index contributed by atoms with van der Waals surface area (Å²) < 4.78 is 13.0. The summed E-state index contributed by atoms with van der Waals surface area (Å²) in [6.45, 7) is 10.8. The van der Waals surface area contributed by atoms with Crippen LogP contribution in [0, 0.1) is 5.41 Å². The molecule has 118 valence electrons. The van der Waals surface area contributed by atoms with Gasteiger partial charge in [-0.1, -0.05) is 33.8 Å². The smallest absolute Gasteiger partial charge is 0.145 e. The predicted octanol–water partition coefficient (Wildman–Crippen LogP) is 2.38. The highest BCUT2D eigenvalue weighted by molar-refractivity contribution is 5.49. The molecule has 6 heteroatoms. The molecular weight excluding hydrogens is 280 g/mol. The molecule has 1 saturated heterocycles. The summed E-state index contributed by atoms with van der Waals surface area (Å²) >= 11 is 0. The third-order valence-electron chi connectivity index (χ3n) is 3.90. The average molecular weight is 302 g/mol. The fraction of sp³-hybridized carbons (Fsp3) is 0.562. The summed E-state index contributed by atoms with van der Waals surface area (Å²) in [6, 6.07) is 6.19. The van der Waals surface area contributed by atoms with Crippen LogP contribution in [-0.2, 0) is 10.2 Å². The first kappa shape index (κ1) is 15.0. The zero-order chi connectivity index (χ0) is 15.8. The zero-order valence-corrected chi connectivity index (χ0v) is 13.5. The van der Waals surface area contributed by atoms with Crippen LogP contribution in [0.1, 0.15) is 33.3 Å². The fourth-order valence-corrected chi connectivity index (χ4v) is 2.34. The van der Waals surface area contributed by atoms with Gasteiger partial charge in [0, 0.05) is 5.41 Å². The Morgan fingerprint density at radius 1 is 1.32 bits per heavy atom. The molecule has 0 spiro atoms. The second-order valence-electron chi connectivity index (χ2n) is 7.28. The maximum absolute atomic E-state index is 6.04. The molecule has 1 aliphatic rings. The number of rotatable bonds is 4. The second-order valence-corrected chi connectivity index (χ2v) is 7.28. The quantitative estimate of drug-likeness (QED) is 0.867. The van der Waals surface area contributed by atoms with Crippen molar-refractivity contribution in [3.8, 4) is 11.4 Å². The molecule has 1 fully saturated rings. The molecule has 6 nitrogen and oxygen atoms in total. The molecule has 22 heavy (non-hydrogen) atoms. The van der Waals surface area contributed by atoms with E-state index in [9.17, 15) is 0 Å². The first-order valence-electron chi connectivity index (χ1n) is 7.46. The monoisotopic (exact) mass is 302 g/mol. The van der Waals surface area contributed by atoms with Crippen LogP contribution in [-0.4, -0.2) is 40.0 Å². The van der Waals surface area contributed by atoms with Crippen LogP contribution in [0.5, 0.6) is 5.75 Å². The first-order valence-corrected chi connectivity index (χ1v) is 7.46. The van der Waals surface area contributed by atoms with Crippen LogP contribution >= 0.6 is 0 Å². The lowest BCUT2D eigenvalue weighted by Crippen LogP contribution is -2.44. The Morgan fingerprint density at radius 3 is 2.64 bits per heavy atom. The van der Waals surface area contributed by atoms with Gasteiger partial charge in [0.2, 0.25) is 0 Å². The van der Waals surface area contributed by atoms with Crippen molar-refractivity contribution in [1.82, 2.24) is 20.2 Å². The van der Waals surface area contributed by atoms with Crippen molar-refractivity contribution in [3.05, 3.63) is 30.1 Å². The minimum atomic E-state index is 0.0507. The Hall–Kier alpha value is -1.95. The van der Waals surface area contributed by atoms with Crippen molar-refractivity contribution < 1.29 is 9.47 Å². The maximum atomic E-state index is 6.04. The van der Waals surface area contributed by atoms with E-state index in [1.807, 2.05) is 6.07 Å². The summed E-state index contributed by atoms with van der Waals surface area (Å²) in [5, 5.41) is 11.4. The SMILES string of the molecule is CC1(COc2ccc(C(C)(C)C)cc2-n2cnnn2)COC1. The van der Waals surface area contributed by atoms with Crippen LogP contribution in [0.3, 0.4) is 0 Å². The van der Waals surface area contributed by atoms with E-state index in [0.717, 1.165) is 24.7 Å². The van der Waals surface area contributed by atoms with E-state index < -0.39 is 0 Å². The van der Waals surface area contributed by atoms with E-state index in [1.165, 1.54) is 5.56 Å². The molecule has 0 amide bonds. The topological polar surface area (TPSA) is 62.1 Å². The van der Waals surface area contributed by atoms with Gasteiger partial charge in [-0.2, -0.15) is 4.68 Å². The number of hydrogen-bond donors (Lipinski definition) is 0. The van der Waals surface area contributed by atoms with E-state index in [-0.39, 0.29) is 10.8 Å². The van der Waals surface area contributed by atoms with Gasteiger partial charge in [0.05, 0.1) is 19.8 Å². The molecule has 3 rings (SSSR count). The Kier molecular flexibility index (Phi) is 3.64. The molecule has 0 N–H and O–H groups in total. The van der Waals surface area contributed by atoms with Crippen LogP contribution in [0.2, 0.25) is 0 Å². The third kappa shape index (κ3) is 2.97. The van der Waals surface area contributed by atoms with E-state index >= 15 is 0 Å². The molecule has 1 aromatic heterocycles. The van der Waals surface area contributed by atoms with Gasteiger partial charge in [-0.3, -0.25) is 0 Å². The molecule has 1 aliphatic heterocycles. The van der Waals surface area contributed by atoms with Crippen molar-refractivity contribution in [2.75, 3.05) is 19.8 Å². The van der Waals surface area contributed by atoms with Crippen molar-refractivity contribution in [1.29, 1.82) is 0 Å². The summed E-state index contributed by atoms with van der Waals surface area (Å²) in [4.78, 5) is 0. The largest absolute Gasteiger partial charge is 0.491 e. The zero-order valence-electron chi connectivity index (χ0n) is 13.5. The molecule has 0 bridgehead atoms. The average Bonchev–Trinajstić information content (AvgIpc) is 2.96. The molecule has 0 unspecified atom stereocenters. The normalized spacial score (nSPS) is 17.1. The van der Waals surface area contributed by atoms with Gasteiger partial charge in [0.1, 0.15) is 17.8 Å². The lowest BCUT2D eigenvalue weighted by atomic mass is 9.86. The van der Waals surface area contributed by atoms with Gasteiger partial charge >= 0.3 is 0 Å². The van der Waals surface area contributed by atoms with Crippen molar-refractivity contribution in [3.63, 3.8) is 0 Å². The first-order chi connectivity index (χ1) is 10.4. The molecular formula is C16H22N4O2. The van der Waals surface area contributed by atoms with Gasteiger partial charge in [0.25, 0.3) is 0 Å². The van der Waals surface area contributed by atoms with Gasteiger partial charge in [-0.05, 0) is 33.5 Å². The molecule has 0 saturated carbocycles. The molecule has 0 atom stereocenters. The van der Waals surface area contributed by atoms with Gasteiger partial charge in [-0.15, -0.1) is 5.10 Å². The van der Waals surface area contributed by atoms with E-state index in [1.54, 1.807) is 11.0 Å². The number of hydrogen-bond acceptors (Lipinski definition) is 5. The van der Waals surface area contributed by atoms with Crippen LogP contribution in [0.4, 0.5) is 0 Å². The summed E-state index contributed by atoms with van der Waals surface area (Å²) in [7, 11) is 0. The van der Waals surface area contributed by atoms with Crippen molar-refractivity contribution in [2.24, 2.45) is 5.41 Å². The van der Waals surface area contributed by atoms with Crippen molar-refractivity contribution >= 4 is 0 Å². The Morgan fingerprint density at radius 2 is 2.09 bits per heavy atom. The Bertz CT molecular complexity index is 643. The number of benzene rings is 1. The minimum Gasteiger partial charge on any atom is -0.491 e. The minimum absolute atomic E-state index is 0.0507. The Balaban J connectivity index is 1.91. The molecule has 0 radical (unpaired) electrons. The fourth-order valence-electron chi connectivity index (χ4n) is 2.34. The second kappa shape index (κ2) is 5.35. The Labute approximate surface area is 130 Å². The highest BCUT2D eigenvalue weighted by Gasteiger charge is 2.34. The highest BCUT2D eigenvalue weighted by atomic mass is 16.5. The maximum Gasteiger partial charge on any atom is 0.145 e. The predicted molar refractivity (Wildman–Crippen MR) is 82.3 cm³/mol. The molecule has 2 heterocycles. The number of tetrazole rings is 1. The van der Waals surface area contributed by atoms with Gasteiger partial charge < -0.3 is 9.47 Å². The lowest BCUT2D eigenvalue weighted by molar-refractivity contribution is -0.120. The molecule has 0 aliphatic carbocycles. The number of nitrogens with zero attached hydrogens (tertiary/aromatic N) is 4. The van der Waals surface area contributed by atoms with Crippen molar-refractivity contribution in [2.45, 2.75) is 33.1 Å². The third-order valence-corrected chi connectivity index (χ3v) is 3.90. The van der Waals surface area contributed by atoms with E-state index in [0.29, 0.717) is 6.61 Å². The summed E-state index contributed by atoms with van der Waals surface area (Å²) in [5.74, 6) is 0.786. The number of aromatic nitrogens is 4. The molecule has 2 aromatic rings. The van der Waals surface area contributed by atoms with Crippen LogP contribution in [0.25, 0.3) is 5.69 Å². The molecule has 1 aromatic carbocycles. The van der Waals surface area contributed by atoms with Gasteiger partial charge in [-0.25, -0.2) is 0 Å².